The molecule has 0 bridgehead atoms. The summed E-state index contributed by atoms with van der Waals surface area (Å²) in [5.74, 6) is 1.58. The molecule has 20 heavy (non-hydrogen) atoms. The SMILES string of the molecule is C=Cc1nc(C)c(N2CCNC(C(C)C)C2)nc1C=C. The van der Waals surface area contributed by atoms with Gasteiger partial charge < -0.3 is 10.2 Å². The normalized spacial score (nSPS) is 19.2. The summed E-state index contributed by atoms with van der Waals surface area (Å²) in [5, 5.41) is 3.56. The van der Waals surface area contributed by atoms with Crippen molar-refractivity contribution in [1.29, 1.82) is 0 Å². The van der Waals surface area contributed by atoms with E-state index in [2.05, 4.69) is 42.2 Å². The van der Waals surface area contributed by atoms with Gasteiger partial charge in [0.2, 0.25) is 0 Å². The molecule has 0 saturated carbocycles. The van der Waals surface area contributed by atoms with Crippen molar-refractivity contribution >= 4 is 18.0 Å². The maximum absolute atomic E-state index is 4.73. The molecule has 1 aromatic rings. The number of piperazine rings is 1. The average molecular weight is 272 g/mol. The molecule has 4 heteroatoms. The van der Waals surface area contributed by atoms with E-state index in [1.54, 1.807) is 12.2 Å². The largest absolute Gasteiger partial charge is 0.352 e. The molecule has 1 unspecified atom stereocenters. The van der Waals surface area contributed by atoms with Crippen LogP contribution in [0.25, 0.3) is 12.2 Å². The van der Waals surface area contributed by atoms with Crippen LogP contribution in [0, 0.1) is 12.8 Å². The smallest absolute Gasteiger partial charge is 0.150 e. The molecule has 1 aromatic heterocycles. The first-order valence-corrected chi connectivity index (χ1v) is 7.18. The van der Waals surface area contributed by atoms with Crippen molar-refractivity contribution < 1.29 is 0 Å². The minimum absolute atomic E-state index is 0.496. The summed E-state index contributed by atoms with van der Waals surface area (Å²) in [5.41, 5.74) is 2.56. The van der Waals surface area contributed by atoms with Gasteiger partial charge in [0.1, 0.15) is 0 Å². The molecule has 0 radical (unpaired) electrons. The molecular weight excluding hydrogens is 248 g/mol. The van der Waals surface area contributed by atoms with E-state index in [0.717, 1.165) is 42.5 Å². The van der Waals surface area contributed by atoms with E-state index in [1.807, 2.05) is 6.92 Å². The molecule has 1 atom stereocenters. The van der Waals surface area contributed by atoms with E-state index in [4.69, 9.17) is 4.98 Å². The summed E-state index contributed by atoms with van der Waals surface area (Å²) in [6.07, 6.45) is 3.48. The highest BCUT2D eigenvalue weighted by molar-refractivity contribution is 5.61. The molecular formula is C16H24N4. The molecule has 0 spiro atoms. The highest BCUT2D eigenvalue weighted by atomic mass is 15.3. The molecule has 108 valence electrons. The van der Waals surface area contributed by atoms with Crippen LogP contribution < -0.4 is 10.2 Å². The third kappa shape index (κ3) is 2.90. The van der Waals surface area contributed by atoms with Crippen molar-refractivity contribution in [3.05, 3.63) is 30.2 Å². The Morgan fingerprint density at radius 3 is 2.50 bits per heavy atom. The number of nitrogens with one attached hydrogen (secondary N) is 1. The first-order valence-electron chi connectivity index (χ1n) is 7.18. The van der Waals surface area contributed by atoms with Crippen LogP contribution in [0.15, 0.2) is 13.2 Å². The standard InChI is InChI=1S/C16H24N4/c1-6-13-14(7-2)19-16(12(5)18-13)20-9-8-17-15(10-20)11(3)4/h6-7,11,15,17H,1-2,8-10H2,3-5H3. The summed E-state index contributed by atoms with van der Waals surface area (Å²) in [4.78, 5) is 11.6. The Kier molecular flexibility index (Phi) is 4.55. The van der Waals surface area contributed by atoms with E-state index in [-0.39, 0.29) is 0 Å². The quantitative estimate of drug-likeness (QED) is 0.914. The number of hydrogen-bond donors (Lipinski definition) is 1. The van der Waals surface area contributed by atoms with E-state index >= 15 is 0 Å². The fourth-order valence-electron chi connectivity index (χ4n) is 2.56. The maximum Gasteiger partial charge on any atom is 0.150 e. The summed E-state index contributed by atoms with van der Waals surface area (Å²) in [6.45, 7) is 17.0. The second kappa shape index (κ2) is 6.18. The van der Waals surface area contributed by atoms with Crippen LogP contribution in [0.5, 0.6) is 0 Å². The van der Waals surface area contributed by atoms with E-state index in [1.165, 1.54) is 0 Å². The van der Waals surface area contributed by atoms with Crippen LogP contribution in [0.2, 0.25) is 0 Å². The summed E-state index contributed by atoms with van der Waals surface area (Å²) < 4.78 is 0. The summed E-state index contributed by atoms with van der Waals surface area (Å²) >= 11 is 0. The summed E-state index contributed by atoms with van der Waals surface area (Å²) in [7, 11) is 0. The van der Waals surface area contributed by atoms with Crippen LogP contribution in [0.4, 0.5) is 5.82 Å². The Labute approximate surface area is 121 Å². The van der Waals surface area contributed by atoms with Crippen molar-refractivity contribution in [3.8, 4) is 0 Å². The highest BCUT2D eigenvalue weighted by Crippen LogP contribution is 2.21. The van der Waals surface area contributed by atoms with Crippen molar-refractivity contribution in [2.45, 2.75) is 26.8 Å². The van der Waals surface area contributed by atoms with Gasteiger partial charge in [-0.15, -0.1) is 0 Å². The molecule has 1 aliphatic heterocycles. The lowest BCUT2D eigenvalue weighted by Gasteiger charge is -2.37. The predicted octanol–water partition coefficient (Wildman–Crippen LogP) is 2.51. The second-order valence-corrected chi connectivity index (χ2v) is 5.56. The van der Waals surface area contributed by atoms with Crippen LogP contribution in [0.3, 0.4) is 0 Å². The number of anilines is 1. The third-order valence-electron chi connectivity index (χ3n) is 3.80. The maximum atomic E-state index is 4.73. The van der Waals surface area contributed by atoms with Crippen LogP contribution in [-0.4, -0.2) is 35.6 Å². The minimum atomic E-state index is 0.496. The number of nitrogens with zero attached hydrogens (tertiary/aromatic N) is 3. The molecule has 1 saturated heterocycles. The first kappa shape index (κ1) is 14.7. The first-order chi connectivity index (χ1) is 9.56. The predicted molar refractivity (Wildman–Crippen MR) is 85.8 cm³/mol. The second-order valence-electron chi connectivity index (χ2n) is 5.56. The lowest BCUT2D eigenvalue weighted by atomic mass is 10.0. The molecule has 2 heterocycles. The molecule has 0 amide bonds. The van der Waals surface area contributed by atoms with Crippen LogP contribution in [0.1, 0.15) is 30.9 Å². The van der Waals surface area contributed by atoms with Gasteiger partial charge in [0.25, 0.3) is 0 Å². The zero-order valence-electron chi connectivity index (χ0n) is 12.7. The third-order valence-corrected chi connectivity index (χ3v) is 3.80. The number of aryl methyl sites for hydroxylation is 1. The molecule has 1 aliphatic rings. The molecule has 1 fully saturated rings. The van der Waals surface area contributed by atoms with Gasteiger partial charge >= 0.3 is 0 Å². The van der Waals surface area contributed by atoms with Gasteiger partial charge in [0, 0.05) is 25.7 Å². The lowest BCUT2D eigenvalue weighted by molar-refractivity contribution is 0.367. The van der Waals surface area contributed by atoms with Crippen molar-refractivity contribution in [2.75, 3.05) is 24.5 Å². The van der Waals surface area contributed by atoms with Gasteiger partial charge in [-0.25, -0.2) is 9.97 Å². The minimum Gasteiger partial charge on any atom is -0.352 e. The van der Waals surface area contributed by atoms with E-state index in [0.29, 0.717) is 12.0 Å². The van der Waals surface area contributed by atoms with Gasteiger partial charge in [0.15, 0.2) is 5.82 Å². The molecule has 0 aromatic carbocycles. The van der Waals surface area contributed by atoms with Gasteiger partial charge in [0.05, 0.1) is 17.1 Å². The van der Waals surface area contributed by atoms with Gasteiger partial charge in [-0.1, -0.05) is 27.0 Å². The Morgan fingerprint density at radius 1 is 1.25 bits per heavy atom. The Hall–Kier alpha value is -1.68. The van der Waals surface area contributed by atoms with Gasteiger partial charge in [-0.2, -0.15) is 0 Å². The zero-order valence-corrected chi connectivity index (χ0v) is 12.7. The topological polar surface area (TPSA) is 41.1 Å². The number of rotatable bonds is 4. The average Bonchev–Trinajstić information content (AvgIpc) is 2.46. The highest BCUT2D eigenvalue weighted by Gasteiger charge is 2.24. The van der Waals surface area contributed by atoms with Crippen molar-refractivity contribution in [2.24, 2.45) is 5.92 Å². The number of aromatic nitrogens is 2. The number of hydrogen-bond acceptors (Lipinski definition) is 4. The monoisotopic (exact) mass is 272 g/mol. The molecule has 2 rings (SSSR count). The Morgan fingerprint density at radius 2 is 1.90 bits per heavy atom. The van der Waals surface area contributed by atoms with E-state index in [9.17, 15) is 0 Å². The van der Waals surface area contributed by atoms with Gasteiger partial charge in [-0.05, 0) is 25.0 Å². The van der Waals surface area contributed by atoms with Crippen LogP contribution >= 0.6 is 0 Å². The Bertz CT molecular complexity index is 507. The van der Waals surface area contributed by atoms with E-state index < -0.39 is 0 Å². The molecule has 1 N–H and O–H groups in total. The molecule has 0 aliphatic carbocycles. The fraction of sp³-hybridized carbons (Fsp3) is 0.500. The van der Waals surface area contributed by atoms with Crippen molar-refractivity contribution in [3.63, 3.8) is 0 Å². The lowest BCUT2D eigenvalue weighted by Crippen LogP contribution is -2.53. The summed E-state index contributed by atoms with van der Waals surface area (Å²) in [6, 6.07) is 0.496. The van der Waals surface area contributed by atoms with Crippen molar-refractivity contribution in [1.82, 2.24) is 15.3 Å². The molecule has 4 nitrogen and oxygen atoms in total. The van der Waals surface area contributed by atoms with Gasteiger partial charge in [-0.3, -0.25) is 0 Å². The Balaban J connectivity index is 2.32. The van der Waals surface area contributed by atoms with Crippen LogP contribution in [-0.2, 0) is 0 Å². The zero-order chi connectivity index (χ0) is 14.7. The fourth-order valence-corrected chi connectivity index (χ4v) is 2.56.